The summed E-state index contributed by atoms with van der Waals surface area (Å²) in [6.45, 7) is 2.74. The van der Waals surface area contributed by atoms with Gasteiger partial charge in [0, 0.05) is 23.6 Å². The van der Waals surface area contributed by atoms with Gasteiger partial charge in [-0.25, -0.2) is 5.01 Å². The highest BCUT2D eigenvalue weighted by Gasteiger charge is 2.35. The number of hydrogen-bond donors (Lipinski definition) is 0. The second kappa shape index (κ2) is 9.87. The van der Waals surface area contributed by atoms with Crippen LogP contribution in [0, 0.1) is 0 Å². The smallest absolute Gasteiger partial charge is 0.253 e. The largest absolute Gasteiger partial charge is 0.467 e. The lowest BCUT2D eigenvalue weighted by Gasteiger charge is -2.19. The van der Waals surface area contributed by atoms with Crippen LogP contribution in [0.2, 0.25) is 5.02 Å². The monoisotopic (exact) mass is 491 g/mol. The molecule has 3 heterocycles. The van der Waals surface area contributed by atoms with Crippen molar-refractivity contribution >= 4 is 35.0 Å². The van der Waals surface area contributed by atoms with Crippen LogP contribution in [0.1, 0.15) is 30.7 Å². The minimum absolute atomic E-state index is 0.123. The highest BCUT2D eigenvalue weighted by molar-refractivity contribution is 7.99. The van der Waals surface area contributed by atoms with Crippen LogP contribution >= 0.6 is 23.4 Å². The summed E-state index contributed by atoms with van der Waals surface area (Å²) in [4.78, 5) is 13.3. The lowest BCUT2D eigenvalue weighted by Crippen LogP contribution is -2.28. The van der Waals surface area contributed by atoms with E-state index >= 15 is 0 Å². The molecule has 0 fully saturated rings. The topological polar surface area (TPSA) is 76.5 Å². The molecule has 172 valence electrons. The summed E-state index contributed by atoms with van der Waals surface area (Å²) < 4.78 is 7.65. The fraction of sp³-hybridized carbons (Fsp3) is 0.200. The van der Waals surface area contributed by atoms with E-state index < -0.39 is 0 Å². The van der Waals surface area contributed by atoms with E-state index in [-0.39, 0.29) is 17.7 Å². The maximum atomic E-state index is 13.3. The van der Waals surface area contributed by atoms with Gasteiger partial charge in [-0.3, -0.25) is 4.79 Å². The molecule has 0 radical (unpaired) electrons. The summed E-state index contributed by atoms with van der Waals surface area (Å²) in [6, 6.07) is 20.8. The minimum Gasteiger partial charge on any atom is -0.467 e. The van der Waals surface area contributed by atoms with Crippen molar-refractivity contribution in [2.75, 3.05) is 5.75 Å². The molecule has 0 saturated heterocycles. The van der Waals surface area contributed by atoms with Gasteiger partial charge in [0.25, 0.3) is 5.91 Å². The summed E-state index contributed by atoms with van der Waals surface area (Å²) in [5.74, 6) is 1.55. The van der Waals surface area contributed by atoms with Crippen molar-refractivity contribution in [3.05, 3.63) is 89.3 Å². The number of amides is 1. The van der Waals surface area contributed by atoms with Gasteiger partial charge in [-0.1, -0.05) is 65.8 Å². The van der Waals surface area contributed by atoms with E-state index in [0.717, 1.165) is 22.7 Å². The Morgan fingerprint density at radius 1 is 1.06 bits per heavy atom. The first-order valence-corrected chi connectivity index (χ1v) is 12.3. The average molecular weight is 492 g/mol. The van der Waals surface area contributed by atoms with Crippen molar-refractivity contribution in [2.24, 2.45) is 5.10 Å². The van der Waals surface area contributed by atoms with Gasteiger partial charge in [-0.15, -0.1) is 10.2 Å². The Bertz CT molecular complexity index is 1300. The molecule has 1 aliphatic heterocycles. The third-order valence-electron chi connectivity index (χ3n) is 5.60. The van der Waals surface area contributed by atoms with E-state index in [4.69, 9.17) is 16.0 Å². The number of aromatic nitrogens is 3. The first-order chi connectivity index (χ1) is 16.6. The van der Waals surface area contributed by atoms with E-state index in [1.807, 2.05) is 78.2 Å². The third kappa shape index (κ3) is 4.51. The quantitative estimate of drug-likeness (QED) is 0.311. The molecular formula is C25H22ClN5O2S. The van der Waals surface area contributed by atoms with Gasteiger partial charge < -0.3 is 8.98 Å². The number of nitrogens with zero attached hydrogens (tertiary/aromatic N) is 5. The van der Waals surface area contributed by atoms with Gasteiger partial charge in [0.1, 0.15) is 11.8 Å². The van der Waals surface area contributed by atoms with E-state index in [9.17, 15) is 4.79 Å². The Morgan fingerprint density at radius 2 is 1.85 bits per heavy atom. The van der Waals surface area contributed by atoms with Crippen molar-refractivity contribution in [1.82, 2.24) is 19.8 Å². The number of benzene rings is 2. The van der Waals surface area contributed by atoms with Gasteiger partial charge in [-0.2, -0.15) is 5.10 Å². The summed E-state index contributed by atoms with van der Waals surface area (Å²) in [7, 11) is 0. The Hall–Kier alpha value is -3.36. The van der Waals surface area contributed by atoms with E-state index in [1.54, 1.807) is 6.26 Å². The first kappa shape index (κ1) is 22.4. The zero-order chi connectivity index (χ0) is 23.5. The van der Waals surface area contributed by atoms with E-state index in [0.29, 0.717) is 28.9 Å². The third-order valence-corrected chi connectivity index (χ3v) is 6.81. The molecule has 0 bridgehead atoms. The predicted molar refractivity (Wildman–Crippen MR) is 133 cm³/mol. The highest BCUT2D eigenvalue weighted by atomic mass is 35.5. The Balaban J connectivity index is 1.36. The first-order valence-electron chi connectivity index (χ1n) is 10.9. The van der Waals surface area contributed by atoms with E-state index in [2.05, 4.69) is 15.3 Å². The van der Waals surface area contributed by atoms with E-state index in [1.165, 1.54) is 16.8 Å². The SMILES string of the molecule is CCn1c(SCC(=O)N2N=C(c3ccc(Cl)cc3)C[C@@H]2c2ccco2)nnc1-c1ccccc1. The van der Waals surface area contributed by atoms with Crippen LogP contribution in [-0.2, 0) is 11.3 Å². The summed E-state index contributed by atoms with van der Waals surface area (Å²) in [5.41, 5.74) is 2.74. The molecule has 2 aromatic carbocycles. The summed E-state index contributed by atoms with van der Waals surface area (Å²) in [6.07, 6.45) is 2.18. The lowest BCUT2D eigenvalue weighted by atomic mass is 10.0. The maximum absolute atomic E-state index is 13.3. The number of hydrazone groups is 1. The zero-order valence-electron chi connectivity index (χ0n) is 18.5. The molecule has 4 aromatic rings. The van der Waals surface area contributed by atoms with Crippen LogP contribution in [-0.4, -0.2) is 37.1 Å². The van der Waals surface area contributed by atoms with Crippen LogP contribution in [0.5, 0.6) is 0 Å². The van der Waals surface area contributed by atoms with Gasteiger partial charge in [-0.05, 0) is 36.8 Å². The molecule has 0 saturated carbocycles. The summed E-state index contributed by atoms with van der Waals surface area (Å²) >= 11 is 7.40. The molecule has 0 aliphatic carbocycles. The average Bonchev–Trinajstić information content (AvgIpc) is 3.63. The Morgan fingerprint density at radius 3 is 2.56 bits per heavy atom. The summed E-state index contributed by atoms with van der Waals surface area (Å²) in [5, 5.41) is 16.3. The molecule has 0 spiro atoms. The van der Waals surface area contributed by atoms with Crippen molar-refractivity contribution in [3.8, 4) is 11.4 Å². The van der Waals surface area contributed by atoms with Crippen molar-refractivity contribution < 1.29 is 9.21 Å². The molecule has 5 rings (SSSR count). The molecule has 0 unspecified atom stereocenters. The standard InChI is InChI=1S/C25H22ClN5O2S/c1-2-30-24(18-7-4-3-5-8-18)27-28-25(30)34-16-23(32)31-21(22-9-6-14-33-22)15-20(29-31)17-10-12-19(26)13-11-17/h3-14,21H,2,15-16H2,1H3/t21-/m1/s1. The van der Waals surface area contributed by atoms with Crippen LogP contribution in [0.3, 0.4) is 0 Å². The normalized spacial score (nSPS) is 15.5. The molecule has 1 aliphatic rings. The van der Waals surface area contributed by atoms with Gasteiger partial charge in [0.2, 0.25) is 0 Å². The maximum Gasteiger partial charge on any atom is 0.253 e. The molecular weight excluding hydrogens is 470 g/mol. The number of carbonyl (C=O) groups is 1. The number of halogens is 1. The number of furan rings is 1. The second-order valence-corrected chi connectivity index (χ2v) is 9.11. The van der Waals surface area contributed by atoms with Gasteiger partial charge in [0.05, 0.1) is 17.7 Å². The van der Waals surface area contributed by atoms with Crippen LogP contribution in [0.4, 0.5) is 0 Å². The molecule has 9 heteroatoms. The Labute approximate surface area is 206 Å². The number of thioether (sulfide) groups is 1. The second-order valence-electron chi connectivity index (χ2n) is 7.73. The number of rotatable bonds is 7. The molecule has 1 atom stereocenters. The van der Waals surface area contributed by atoms with Crippen LogP contribution in [0.15, 0.2) is 87.7 Å². The van der Waals surface area contributed by atoms with Gasteiger partial charge >= 0.3 is 0 Å². The fourth-order valence-corrected chi connectivity index (χ4v) is 4.91. The molecule has 34 heavy (non-hydrogen) atoms. The van der Waals surface area contributed by atoms with Crippen LogP contribution < -0.4 is 0 Å². The number of carbonyl (C=O) groups excluding carboxylic acids is 1. The van der Waals surface area contributed by atoms with Gasteiger partial charge in [0.15, 0.2) is 11.0 Å². The predicted octanol–water partition coefficient (Wildman–Crippen LogP) is 5.68. The lowest BCUT2D eigenvalue weighted by molar-refractivity contribution is -0.130. The molecule has 1 amide bonds. The van der Waals surface area contributed by atoms with Crippen molar-refractivity contribution in [3.63, 3.8) is 0 Å². The Kier molecular flexibility index (Phi) is 6.51. The van der Waals surface area contributed by atoms with Crippen molar-refractivity contribution in [1.29, 1.82) is 0 Å². The molecule has 7 nitrogen and oxygen atoms in total. The highest BCUT2D eigenvalue weighted by Crippen LogP contribution is 2.34. The fourth-order valence-electron chi connectivity index (χ4n) is 3.93. The molecule has 2 aromatic heterocycles. The molecule has 0 N–H and O–H groups in total. The number of hydrogen-bond acceptors (Lipinski definition) is 6. The van der Waals surface area contributed by atoms with Crippen LogP contribution in [0.25, 0.3) is 11.4 Å². The minimum atomic E-state index is -0.294. The van der Waals surface area contributed by atoms with Crippen molar-refractivity contribution in [2.45, 2.75) is 31.1 Å². The zero-order valence-corrected chi connectivity index (χ0v) is 20.0.